The number of benzene rings is 2. The molecule has 0 bridgehead atoms. The Morgan fingerprint density at radius 3 is 2.55 bits per heavy atom. The first-order valence-corrected chi connectivity index (χ1v) is 8.06. The maximum Gasteiger partial charge on any atom is 0.0406 e. The minimum atomic E-state index is 0.466. The topological polar surface area (TPSA) is 12.0 Å². The van der Waals surface area contributed by atoms with Gasteiger partial charge in [-0.25, -0.2) is 0 Å². The summed E-state index contributed by atoms with van der Waals surface area (Å²) in [4.78, 5) is 0. The molecule has 106 valence electrons. The molecule has 0 aromatic heterocycles. The minimum absolute atomic E-state index is 0.466. The zero-order valence-electron chi connectivity index (χ0n) is 11.6. The second kappa shape index (κ2) is 7.82. The Hall–Kier alpha value is -0.830. The normalized spacial score (nSPS) is 12.3. The molecule has 0 radical (unpaired) electrons. The van der Waals surface area contributed by atoms with Crippen LogP contribution in [0.4, 0.5) is 0 Å². The average Bonchev–Trinajstić information content (AvgIpc) is 2.45. The lowest BCUT2D eigenvalue weighted by Gasteiger charge is -2.18. The molecule has 3 heteroatoms. The largest absolute Gasteiger partial charge is 0.316 e. The fourth-order valence-electron chi connectivity index (χ4n) is 2.29. The van der Waals surface area contributed by atoms with Crippen LogP contribution in [0.2, 0.25) is 5.02 Å². The molecule has 0 amide bonds. The van der Waals surface area contributed by atoms with Gasteiger partial charge in [0.25, 0.3) is 0 Å². The van der Waals surface area contributed by atoms with Crippen molar-refractivity contribution in [3.63, 3.8) is 0 Å². The van der Waals surface area contributed by atoms with Crippen LogP contribution in [0.5, 0.6) is 0 Å². The van der Waals surface area contributed by atoms with E-state index in [1.807, 2.05) is 12.1 Å². The molecule has 2 rings (SSSR count). The second-order valence-corrected chi connectivity index (χ2v) is 6.24. The Kier molecular flexibility index (Phi) is 6.08. The smallest absolute Gasteiger partial charge is 0.0406 e. The third kappa shape index (κ3) is 4.62. The van der Waals surface area contributed by atoms with E-state index < -0.39 is 0 Å². The molecule has 1 atom stereocenters. The Bertz CT molecular complexity index is 539. The molecule has 20 heavy (non-hydrogen) atoms. The minimum Gasteiger partial charge on any atom is -0.316 e. The molecule has 0 heterocycles. The van der Waals surface area contributed by atoms with E-state index in [1.54, 1.807) is 0 Å². The molecule has 0 saturated heterocycles. The van der Waals surface area contributed by atoms with Gasteiger partial charge in [-0.3, -0.25) is 0 Å². The van der Waals surface area contributed by atoms with E-state index in [1.165, 1.54) is 11.1 Å². The van der Waals surface area contributed by atoms with Crippen molar-refractivity contribution in [3.8, 4) is 0 Å². The predicted octanol–water partition coefficient (Wildman–Crippen LogP) is 5.04. The Labute approximate surface area is 134 Å². The van der Waals surface area contributed by atoms with E-state index in [0.29, 0.717) is 5.92 Å². The van der Waals surface area contributed by atoms with E-state index in [4.69, 9.17) is 11.6 Å². The maximum atomic E-state index is 5.95. The van der Waals surface area contributed by atoms with Gasteiger partial charge in [-0.05, 0) is 48.4 Å². The van der Waals surface area contributed by atoms with Gasteiger partial charge >= 0.3 is 0 Å². The lowest BCUT2D eigenvalue weighted by Crippen LogP contribution is -2.22. The number of likely N-dealkylation sites (N-methyl/N-ethyl adjacent to an activating group) is 1. The van der Waals surface area contributed by atoms with Gasteiger partial charge in [0.15, 0.2) is 0 Å². The van der Waals surface area contributed by atoms with E-state index >= 15 is 0 Å². The molecule has 1 N–H and O–H groups in total. The summed E-state index contributed by atoms with van der Waals surface area (Å²) in [5.41, 5.74) is 2.67. The summed E-state index contributed by atoms with van der Waals surface area (Å²) in [7, 11) is 0. The van der Waals surface area contributed by atoms with E-state index in [2.05, 4.69) is 64.6 Å². The van der Waals surface area contributed by atoms with Gasteiger partial charge in [0, 0.05) is 22.0 Å². The fraction of sp³-hybridized carbons (Fsp3) is 0.294. The first kappa shape index (κ1) is 15.6. The molecule has 1 unspecified atom stereocenters. The summed E-state index contributed by atoms with van der Waals surface area (Å²) >= 11 is 9.51. The standard InChI is InChI=1S/C17H19BrClN/c1-2-20-12-15(14-4-3-5-16(18)11-14)10-13-6-8-17(19)9-7-13/h3-9,11,15,20H,2,10,12H2,1H3. The van der Waals surface area contributed by atoms with Crippen molar-refractivity contribution in [2.24, 2.45) is 0 Å². The SMILES string of the molecule is CCNCC(Cc1ccc(Cl)cc1)c1cccc(Br)c1. The van der Waals surface area contributed by atoms with Crippen molar-refractivity contribution < 1.29 is 0 Å². The Morgan fingerprint density at radius 1 is 1.15 bits per heavy atom. The van der Waals surface area contributed by atoms with E-state index in [-0.39, 0.29) is 0 Å². The van der Waals surface area contributed by atoms with Crippen LogP contribution in [0.25, 0.3) is 0 Å². The summed E-state index contributed by atoms with van der Waals surface area (Å²) in [6.07, 6.45) is 1.01. The Balaban J connectivity index is 2.16. The van der Waals surface area contributed by atoms with E-state index in [0.717, 1.165) is 29.0 Å². The number of hydrogen-bond acceptors (Lipinski definition) is 1. The zero-order chi connectivity index (χ0) is 14.4. The molecular weight excluding hydrogens is 334 g/mol. The fourth-order valence-corrected chi connectivity index (χ4v) is 2.83. The van der Waals surface area contributed by atoms with Gasteiger partial charge in [0.2, 0.25) is 0 Å². The van der Waals surface area contributed by atoms with Crippen LogP contribution < -0.4 is 5.32 Å². The molecule has 2 aromatic rings. The second-order valence-electron chi connectivity index (χ2n) is 4.89. The van der Waals surface area contributed by atoms with Gasteiger partial charge in [0.05, 0.1) is 0 Å². The van der Waals surface area contributed by atoms with Crippen LogP contribution in [-0.4, -0.2) is 13.1 Å². The van der Waals surface area contributed by atoms with Crippen molar-refractivity contribution >= 4 is 27.5 Å². The van der Waals surface area contributed by atoms with Crippen molar-refractivity contribution in [1.29, 1.82) is 0 Å². The quantitative estimate of drug-likeness (QED) is 0.768. The third-order valence-corrected chi connectivity index (χ3v) is 4.10. The van der Waals surface area contributed by atoms with Gasteiger partial charge in [-0.15, -0.1) is 0 Å². The summed E-state index contributed by atoms with van der Waals surface area (Å²) in [5.74, 6) is 0.466. The van der Waals surface area contributed by atoms with Crippen molar-refractivity contribution in [2.75, 3.05) is 13.1 Å². The molecule has 0 aliphatic heterocycles. The van der Waals surface area contributed by atoms with Crippen LogP contribution in [0, 0.1) is 0 Å². The third-order valence-electron chi connectivity index (χ3n) is 3.36. The van der Waals surface area contributed by atoms with Gasteiger partial charge in [-0.1, -0.05) is 58.7 Å². The zero-order valence-corrected chi connectivity index (χ0v) is 13.9. The first-order valence-electron chi connectivity index (χ1n) is 6.89. The summed E-state index contributed by atoms with van der Waals surface area (Å²) in [5, 5.41) is 4.25. The van der Waals surface area contributed by atoms with E-state index in [9.17, 15) is 0 Å². The van der Waals surface area contributed by atoms with Crippen LogP contribution in [-0.2, 0) is 6.42 Å². The van der Waals surface area contributed by atoms with Gasteiger partial charge in [0.1, 0.15) is 0 Å². The van der Waals surface area contributed by atoms with Crippen molar-refractivity contribution in [3.05, 3.63) is 69.2 Å². The van der Waals surface area contributed by atoms with Crippen molar-refractivity contribution in [2.45, 2.75) is 19.3 Å². The highest BCUT2D eigenvalue weighted by Gasteiger charge is 2.12. The molecule has 2 aromatic carbocycles. The lowest BCUT2D eigenvalue weighted by atomic mass is 9.92. The number of hydrogen-bond donors (Lipinski definition) is 1. The highest BCUT2D eigenvalue weighted by atomic mass is 79.9. The van der Waals surface area contributed by atoms with Crippen LogP contribution in [0.1, 0.15) is 24.0 Å². The molecule has 0 aliphatic carbocycles. The Morgan fingerprint density at radius 2 is 1.90 bits per heavy atom. The number of halogens is 2. The molecular formula is C17H19BrClN. The van der Waals surface area contributed by atoms with Crippen LogP contribution in [0.15, 0.2) is 53.0 Å². The first-order chi connectivity index (χ1) is 9.69. The summed E-state index contributed by atoms with van der Waals surface area (Å²) < 4.78 is 1.13. The highest BCUT2D eigenvalue weighted by molar-refractivity contribution is 9.10. The number of nitrogens with one attached hydrogen (secondary N) is 1. The molecule has 0 spiro atoms. The average molecular weight is 353 g/mol. The maximum absolute atomic E-state index is 5.95. The van der Waals surface area contributed by atoms with Gasteiger partial charge in [-0.2, -0.15) is 0 Å². The predicted molar refractivity (Wildman–Crippen MR) is 90.6 cm³/mol. The lowest BCUT2D eigenvalue weighted by molar-refractivity contribution is 0.595. The highest BCUT2D eigenvalue weighted by Crippen LogP contribution is 2.24. The number of rotatable bonds is 6. The van der Waals surface area contributed by atoms with Crippen molar-refractivity contribution in [1.82, 2.24) is 5.32 Å². The molecule has 0 aliphatic rings. The van der Waals surface area contributed by atoms with Crippen LogP contribution >= 0.6 is 27.5 Å². The summed E-state index contributed by atoms with van der Waals surface area (Å²) in [6, 6.07) is 16.7. The molecule has 0 saturated carbocycles. The molecule has 1 nitrogen and oxygen atoms in total. The molecule has 0 fully saturated rings. The van der Waals surface area contributed by atoms with Gasteiger partial charge < -0.3 is 5.32 Å². The summed E-state index contributed by atoms with van der Waals surface area (Å²) in [6.45, 7) is 4.11. The monoisotopic (exact) mass is 351 g/mol. The van der Waals surface area contributed by atoms with Crippen LogP contribution in [0.3, 0.4) is 0 Å².